The fourth-order valence-electron chi connectivity index (χ4n) is 2.41. The van der Waals surface area contributed by atoms with Crippen molar-refractivity contribution in [3.8, 4) is 5.75 Å². The molecule has 1 aromatic rings. The zero-order valence-corrected chi connectivity index (χ0v) is 18.5. The topological polar surface area (TPSA) is 66.8 Å². The highest BCUT2D eigenvalue weighted by Gasteiger charge is 2.26. The van der Waals surface area contributed by atoms with E-state index < -0.39 is 6.10 Å². The van der Waals surface area contributed by atoms with Crippen LogP contribution in [0.4, 0.5) is 0 Å². The fourth-order valence-corrected chi connectivity index (χ4v) is 4.26. The number of benzene rings is 1. The van der Waals surface area contributed by atoms with Crippen LogP contribution in [0.2, 0.25) is 0 Å². The number of aliphatic hydroxyl groups is 1. The van der Waals surface area contributed by atoms with E-state index >= 15 is 0 Å². The third kappa shape index (κ3) is 7.05. The van der Waals surface area contributed by atoms with Crippen molar-refractivity contribution in [2.24, 2.45) is 0 Å². The lowest BCUT2D eigenvalue weighted by molar-refractivity contribution is -0.137. The summed E-state index contributed by atoms with van der Waals surface area (Å²) in [5, 5.41) is 20.9. The number of aromatic hydroxyl groups is 1. The van der Waals surface area contributed by atoms with Crippen LogP contribution < -0.4 is 0 Å². The first kappa shape index (κ1) is 23.2. The van der Waals surface area contributed by atoms with Gasteiger partial charge in [0.15, 0.2) is 0 Å². The molecular weight excluding hydrogens is 368 g/mol. The molecule has 0 saturated heterocycles. The van der Waals surface area contributed by atoms with Crippen molar-refractivity contribution in [3.63, 3.8) is 0 Å². The van der Waals surface area contributed by atoms with Crippen molar-refractivity contribution in [3.05, 3.63) is 23.3 Å². The number of esters is 1. The molecule has 0 amide bonds. The van der Waals surface area contributed by atoms with E-state index in [4.69, 9.17) is 0 Å². The molecule has 2 N–H and O–H groups in total. The van der Waals surface area contributed by atoms with Crippen molar-refractivity contribution in [1.29, 1.82) is 0 Å². The number of hydrogen-bond donors (Lipinski definition) is 2. The third-order valence-electron chi connectivity index (χ3n) is 3.90. The van der Waals surface area contributed by atoms with Crippen LogP contribution in [-0.2, 0) is 20.4 Å². The zero-order chi connectivity index (χ0) is 20.1. The summed E-state index contributed by atoms with van der Waals surface area (Å²) in [5.41, 5.74) is 1.50. The lowest BCUT2D eigenvalue weighted by Crippen LogP contribution is -2.18. The molecule has 1 unspecified atom stereocenters. The molecule has 0 radical (unpaired) electrons. The first-order chi connectivity index (χ1) is 11.9. The van der Waals surface area contributed by atoms with Crippen LogP contribution in [-0.4, -0.2) is 46.7 Å². The normalized spacial score (nSPS) is 13.5. The Morgan fingerprint density at radius 2 is 1.58 bits per heavy atom. The van der Waals surface area contributed by atoms with Crippen molar-refractivity contribution in [2.75, 3.05) is 24.4 Å². The second kappa shape index (κ2) is 9.38. The molecule has 0 aliphatic carbocycles. The number of carbonyl (C=O) groups excluding carboxylic acids is 1. The molecule has 26 heavy (non-hydrogen) atoms. The van der Waals surface area contributed by atoms with Gasteiger partial charge in [-0.1, -0.05) is 41.5 Å². The van der Waals surface area contributed by atoms with Crippen molar-refractivity contribution in [2.45, 2.75) is 63.4 Å². The molecule has 0 aliphatic heterocycles. The number of phenols is 1. The second-order valence-electron chi connectivity index (χ2n) is 8.42. The van der Waals surface area contributed by atoms with Crippen molar-refractivity contribution < 1.29 is 19.7 Å². The van der Waals surface area contributed by atoms with E-state index in [2.05, 4.69) is 46.3 Å². The van der Waals surface area contributed by atoms with E-state index in [1.165, 1.54) is 18.9 Å². The van der Waals surface area contributed by atoms with Gasteiger partial charge in [0.25, 0.3) is 0 Å². The summed E-state index contributed by atoms with van der Waals surface area (Å²) in [6, 6.07) is 4.03. The molecular formula is C20H32O4S2. The predicted molar refractivity (Wildman–Crippen MR) is 112 cm³/mol. The van der Waals surface area contributed by atoms with Crippen molar-refractivity contribution >= 4 is 29.5 Å². The minimum absolute atomic E-state index is 0.171. The number of aliphatic hydroxyl groups excluding tert-OH is 1. The number of carbonyl (C=O) groups is 1. The Labute approximate surface area is 166 Å². The number of methoxy groups -OCH3 is 1. The highest BCUT2D eigenvalue weighted by atomic mass is 32.2. The average Bonchev–Trinajstić information content (AvgIpc) is 2.51. The Kier molecular flexibility index (Phi) is 8.36. The maximum absolute atomic E-state index is 11.1. The van der Waals surface area contributed by atoms with E-state index in [1.807, 2.05) is 12.1 Å². The van der Waals surface area contributed by atoms with E-state index in [9.17, 15) is 15.0 Å². The van der Waals surface area contributed by atoms with E-state index in [0.29, 0.717) is 17.3 Å². The highest BCUT2D eigenvalue weighted by molar-refractivity contribution is 8.00. The molecule has 0 heterocycles. The maximum atomic E-state index is 11.1. The van der Waals surface area contributed by atoms with Crippen molar-refractivity contribution in [1.82, 2.24) is 0 Å². The number of rotatable bonds is 7. The number of thioether (sulfide) groups is 2. The van der Waals surface area contributed by atoms with Crippen LogP contribution in [0.5, 0.6) is 5.75 Å². The Hall–Kier alpha value is -0.850. The molecule has 0 aliphatic rings. The number of phenolic OH excluding ortho intramolecular Hbond substituents is 1. The smallest absolute Gasteiger partial charge is 0.315 e. The molecule has 0 spiro atoms. The molecule has 0 saturated carbocycles. The van der Waals surface area contributed by atoms with E-state index in [1.54, 1.807) is 11.8 Å². The molecule has 1 aromatic carbocycles. The Morgan fingerprint density at radius 1 is 1.08 bits per heavy atom. The van der Waals surface area contributed by atoms with Crippen LogP contribution in [0, 0.1) is 0 Å². The van der Waals surface area contributed by atoms with Gasteiger partial charge in [0, 0.05) is 27.5 Å². The van der Waals surface area contributed by atoms with E-state index in [-0.39, 0.29) is 22.6 Å². The van der Waals surface area contributed by atoms with Gasteiger partial charge in [0.1, 0.15) is 5.75 Å². The quantitative estimate of drug-likeness (QED) is 0.524. The average molecular weight is 401 g/mol. The lowest BCUT2D eigenvalue weighted by atomic mass is 9.79. The first-order valence-corrected chi connectivity index (χ1v) is 10.8. The van der Waals surface area contributed by atoms with Crippen LogP contribution >= 0.6 is 23.5 Å². The highest BCUT2D eigenvalue weighted by Crippen LogP contribution is 2.41. The van der Waals surface area contributed by atoms with Gasteiger partial charge in [0.05, 0.1) is 19.0 Å². The summed E-state index contributed by atoms with van der Waals surface area (Å²) in [5.74, 6) is 1.35. The van der Waals surface area contributed by atoms with Gasteiger partial charge < -0.3 is 14.9 Å². The summed E-state index contributed by atoms with van der Waals surface area (Å²) in [6.07, 6.45) is -0.514. The molecule has 0 aromatic heterocycles. The zero-order valence-electron chi connectivity index (χ0n) is 16.9. The van der Waals surface area contributed by atoms with Gasteiger partial charge in [0.2, 0.25) is 0 Å². The van der Waals surface area contributed by atoms with Crippen LogP contribution in [0.15, 0.2) is 17.0 Å². The predicted octanol–water partition coefficient (Wildman–Crippen LogP) is 4.35. The SMILES string of the molecule is COC(=O)CSCC(O)CSc1cc(C(C)(C)C)c(O)c(C(C)(C)C)c1. The minimum atomic E-state index is -0.514. The summed E-state index contributed by atoms with van der Waals surface area (Å²) >= 11 is 2.94. The lowest BCUT2D eigenvalue weighted by Gasteiger charge is -2.28. The van der Waals surface area contributed by atoms with E-state index in [0.717, 1.165) is 16.0 Å². The maximum Gasteiger partial charge on any atom is 0.315 e. The third-order valence-corrected chi connectivity index (χ3v) is 6.08. The first-order valence-electron chi connectivity index (χ1n) is 8.69. The summed E-state index contributed by atoms with van der Waals surface area (Å²) in [7, 11) is 1.36. The molecule has 4 nitrogen and oxygen atoms in total. The van der Waals surface area contributed by atoms with Crippen LogP contribution in [0.3, 0.4) is 0 Å². The summed E-state index contributed by atoms with van der Waals surface area (Å²) in [6.45, 7) is 12.5. The van der Waals surface area contributed by atoms with Gasteiger partial charge in [-0.05, 0) is 23.0 Å². The number of hydrogen-bond acceptors (Lipinski definition) is 6. The fraction of sp³-hybridized carbons (Fsp3) is 0.650. The molecule has 6 heteroatoms. The summed E-state index contributed by atoms with van der Waals surface area (Å²) in [4.78, 5) is 12.2. The summed E-state index contributed by atoms with van der Waals surface area (Å²) < 4.78 is 4.59. The van der Waals surface area contributed by atoms with Gasteiger partial charge >= 0.3 is 5.97 Å². The van der Waals surface area contributed by atoms with Crippen LogP contribution in [0.25, 0.3) is 0 Å². The minimum Gasteiger partial charge on any atom is -0.507 e. The van der Waals surface area contributed by atoms with Gasteiger partial charge in [-0.25, -0.2) is 0 Å². The molecule has 1 rings (SSSR count). The Bertz CT molecular complexity index is 580. The Balaban J connectivity index is 2.88. The van der Waals surface area contributed by atoms with Gasteiger partial charge in [-0.3, -0.25) is 4.79 Å². The van der Waals surface area contributed by atoms with Crippen LogP contribution in [0.1, 0.15) is 52.7 Å². The molecule has 1 atom stereocenters. The largest absolute Gasteiger partial charge is 0.507 e. The molecule has 0 bridgehead atoms. The molecule has 148 valence electrons. The van der Waals surface area contributed by atoms with Gasteiger partial charge in [-0.15, -0.1) is 23.5 Å². The Morgan fingerprint density at radius 3 is 2.00 bits per heavy atom. The molecule has 0 fully saturated rings. The standard InChI is InChI=1S/C20H32O4S2/c1-19(2,3)15-8-14(9-16(18(15)23)20(4,5)6)26-11-13(21)10-25-12-17(22)24-7/h8-9,13,21,23H,10-12H2,1-7H3. The second-order valence-corrected chi connectivity index (χ2v) is 10.5. The number of ether oxygens (including phenoxy) is 1. The monoisotopic (exact) mass is 400 g/mol. The van der Waals surface area contributed by atoms with Gasteiger partial charge in [-0.2, -0.15) is 0 Å².